The van der Waals surface area contributed by atoms with E-state index in [0.29, 0.717) is 6.04 Å². The van der Waals surface area contributed by atoms with Crippen molar-refractivity contribution in [3.05, 3.63) is 64.1 Å². The largest absolute Gasteiger partial charge is 0.496 e. The zero-order valence-electron chi connectivity index (χ0n) is 17.0. The maximum Gasteiger partial charge on any atom is 0.191 e. The van der Waals surface area contributed by atoms with E-state index in [0.717, 1.165) is 55.2 Å². The quantitative estimate of drug-likeness (QED) is 0.306. The summed E-state index contributed by atoms with van der Waals surface area (Å²) in [6.07, 6.45) is 2.25. The average Bonchev–Trinajstić information content (AvgIpc) is 2.73. The molecule has 0 aromatic heterocycles. The van der Waals surface area contributed by atoms with Crippen LogP contribution in [0.25, 0.3) is 0 Å². The molecule has 2 aromatic carbocycles. The van der Waals surface area contributed by atoms with Crippen LogP contribution in [0.2, 0.25) is 0 Å². The molecule has 1 aliphatic rings. The molecule has 0 radical (unpaired) electrons. The van der Waals surface area contributed by atoms with Crippen molar-refractivity contribution in [2.24, 2.45) is 4.99 Å². The van der Waals surface area contributed by atoms with Crippen molar-refractivity contribution in [2.45, 2.75) is 32.0 Å². The van der Waals surface area contributed by atoms with Gasteiger partial charge in [0.1, 0.15) is 5.75 Å². The minimum atomic E-state index is 0. The molecule has 2 N–H and O–H groups in total. The molecule has 0 bridgehead atoms. The van der Waals surface area contributed by atoms with Gasteiger partial charge < -0.3 is 15.4 Å². The zero-order chi connectivity index (χ0) is 19.8. The molecule has 0 aliphatic carbocycles. The smallest absolute Gasteiger partial charge is 0.191 e. The van der Waals surface area contributed by atoms with Crippen molar-refractivity contribution >= 4 is 45.9 Å². The number of hydrogen-bond donors (Lipinski definition) is 2. The fraction of sp³-hybridized carbons (Fsp3) is 0.409. The van der Waals surface area contributed by atoms with Gasteiger partial charge in [-0.25, -0.2) is 0 Å². The van der Waals surface area contributed by atoms with Gasteiger partial charge in [0.15, 0.2) is 5.96 Å². The molecule has 2 aromatic rings. The van der Waals surface area contributed by atoms with Crippen LogP contribution in [0.5, 0.6) is 5.75 Å². The molecule has 0 atom stereocenters. The van der Waals surface area contributed by atoms with Crippen molar-refractivity contribution in [3.8, 4) is 5.75 Å². The number of nitrogens with one attached hydrogen (secondary N) is 2. The molecule has 1 heterocycles. The zero-order valence-corrected chi connectivity index (χ0v) is 20.9. The average molecular weight is 573 g/mol. The fourth-order valence-corrected chi connectivity index (χ4v) is 4.06. The number of aliphatic imine (C=N–C) groups is 1. The van der Waals surface area contributed by atoms with Gasteiger partial charge in [0.05, 0.1) is 11.6 Å². The summed E-state index contributed by atoms with van der Waals surface area (Å²) in [6, 6.07) is 17.3. The second kappa shape index (κ2) is 12.4. The second-order valence-electron chi connectivity index (χ2n) is 7.08. The SMILES string of the molecule is CN=C(NCc1ccc(OC)c(Br)c1)NC1CCN(Cc2ccccc2)CC1.I. The molecule has 3 rings (SSSR count). The van der Waals surface area contributed by atoms with Crippen molar-refractivity contribution in [1.29, 1.82) is 0 Å². The van der Waals surface area contributed by atoms with Crippen LogP contribution in [0.15, 0.2) is 58.0 Å². The molecule has 7 heteroatoms. The second-order valence-corrected chi connectivity index (χ2v) is 7.93. The first-order chi connectivity index (χ1) is 13.7. The number of nitrogens with zero attached hydrogens (tertiary/aromatic N) is 2. The number of likely N-dealkylation sites (tertiary alicyclic amines) is 1. The first kappa shape index (κ1) is 24.0. The molecule has 158 valence electrons. The topological polar surface area (TPSA) is 48.9 Å². The summed E-state index contributed by atoms with van der Waals surface area (Å²) < 4.78 is 6.25. The van der Waals surface area contributed by atoms with Gasteiger partial charge in [-0.05, 0) is 52.0 Å². The third-order valence-electron chi connectivity index (χ3n) is 5.08. The van der Waals surface area contributed by atoms with E-state index in [9.17, 15) is 0 Å². The van der Waals surface area contributed by atoms with Crippen LogP contribution in [-0.4, -0.2) is 44.1 Å². The van der Waals surface area contributed by atoms with Gasteiger partial charge in [-0.2, -0.15) is 0 Å². The molecular weight excluding hydrogens is 543 g/mol. The predicted molar refractivity (Wildman–Crippen MR) is 134 cm³/mol. The van der Waals surface area contributed by atoms with E-state index in [1.165, 1.54) is 11.1 Å². The van der Waals surface area contributed by atoms with E-state index < -0.39 is 0 Å². The van der Waals surface area contributed by atoms with E-state index in [2.05, 4.69) is 78.9 Å². The van der Waals surface area contributed by atoms with Crippen molar-refractivity contribution < 1.29 is 4.74 Å². The highest BCUT2D eigenvalue weighted by atomic mass is 127. The van der Waals surface area contributed by atoms with Gasteiger partial charge in [-0.1, -0.05) is 36.4 Å². The summed E-state index contributed by atoms with van der Waals surface area (Å²) in [4.78, 5) is 6.91. The number of hydrogen-bond acceptors (Lipinski definition) is 3. The number of ether oxygens (including phenoxy) is 1. The fourth-order valence-electron chi connectivity index (χ4n) is 3.47. The Morgan fingerprint density at radius 3 is 2.48 bits per heavy atom. The minimum absolute atomic E-state index is 0. The van der Waals surface area contributed by atoms with E-state index in [-0.39, 0.29) is 24.0 Å². The summed E-state index contributed by atoms with van der Waals surface area (Å²) in [5, 5.41) is 6.99. The lowest BCUT2D eigenvalue weighted by atomic mass is 10.0. The Morgan fingerprint density at radius 1 is 1.14 bits per heavy atom. The van der Waals surface area contributed by atoms with Gasteiger partial charge in [0, 0.05) is 39.3 Å². The molecule has 1 fully saturated rings. The summed E-state index contributed by atoms with van der Waals surface area (Å²) in [5.74, 6) is 1.70. The lowest BCUT2D eigenvalue weighted by Crippen LogP contribution is -2.48. The van der Waals surface area contributed by atoms with E-state index >= 15 is 0 Å². The van der Waals surface area contributed by atoms with Crippen LogP contribution in [0, 0.1) is 0 Å². The maximum absolute atomic E-state index is 5.29. The lowest BCUT2D eigenvalue weighted by molar-refractivity contribution is 0.198. The lowest BCUT2D eigenvalue weighted by Gasteiger charge is -2.33. The Morgan fingerprint density at radius 2 is 1.86 bits per heavy atom. The summed E-state index contributed by atoms with van der Waals surface area (Å²) >= 11 is 3.54. The molecule has 0 saturated carbocycles. The number of piperidine rings is 1. The molecule has 0 amide bonds. The molecule has 0 spiro atoms. The van der Waals surface area contributed by atoms with Crippen LogP contribution in [0.4, 0.5) is 0 Å². The maximum atomic E-state index is 5.29. The number of halogens is 2. The number of benzene rings is 2. The van der Waals surface area contributed by atoms with Crippen LogP contribution in [0.1, 0.15) is 24.0 Å². The van der Waals surface area contributed by atoms with Gasteiger partial charge in [0.2, 0.25) is 0 Å². The van der Waals surface area contributed by atoms with Crippen LogP contribution >= 0.6 is 39.9 Å². The van der Waals surface area contributed by atoms with Crippen LogP contribution in [-0.2, 0) is 13.1 Å². The van der Waals surface area contributed by atoms with Crippen molar-refractivity contribution in [1.82, 2.24) is 15.5 Å². The normalized spacial score (nSPS) is 15.5. The summed E-state index contributed by atoms with van der Waals surface area (Å²) in [7, 11) is 3.50. The highest BCUT2D eigenvalue weighted by Crippen LogP contribution is 2.25. The highest BCUT2D eigenvalue weighted by molar-refractivity contribution is 14.0. The number of rotatable bonds is 6. The van der Waals surface area contributed by atoms with Crippen LogP contribution in [0.3, 0.4) is 0 Å². The van der Waals surface area contributed by atoms with Crippen molar-refractivity contribution in [2.75, 3.05) is 27.2 Å². The molecule has 29 heavy (non-hydrogen) atoms. The van der Waals surface area contributed by atoms with Gasteiger partial charge >= 0.3 is 0 Å². The minimum Gasteiger partial charge on any atom is -0.496 e. The Bertz CT molecular complexity index is 780. The monoisotopic (exact) mass is 572 g/mol. The van der Waals surface area contributed by atoms with Gasteiger partial charge in [-0.3, -0.25) is 9.89 Å². The molecule has 1 saturated heterocycles. The molecular formula is C22H30BrIN4O. The highest BCUT2D eigenvalue weighted by Gasteiger charge is 2.20. The summed E-state index contributed by atoms with van der Waals surface area (Å²) in [6.45, 7) is 3.96. The first-order valence-corrected chi connectivity index (χ1v) is 10.5. The number of methoxy groups -OCH3 is 1. The Balaban J connectivity index is 0.00000300. The summed E-state index contributed by atoms with van der Waals surface area (Å²) in [5.41, 5.74) is 2.56. The Hall–Kier alpha value is -1.32. The van der Waals surface area contributed by atoms with Crippen molar-refractivity contribution in [3.63, 3.8) is 0 Å². The third-order valence-corrected chi connectivity index (χ3v) is 5.70. The number of guanidine groups is 1. The Labute approximate surface area is 199 Å². The Kier molecular flexibility index (Phi) is 10.2. The third kappa shape index (κ3) is 7.46. The van der Waals surface area contributed by atoms with Gasteiger partial charge in [-0.15, -0.1) is 24.0 Å². The first-order valence-electron chi connectivity index (χ1n) is 9.74. The molecule has 1 aliphatic heterocycles. The standard InChI is InChI=1S/C22H29BrN4O.HI/c1-24-22(25-15-18-8-9-21(28-2)20(23)14-18)26-19-10-12-27(13-11-19)16-17-6-4-3-5-7-17;/h3-9,14,19H,10-13,15-16H2,1-2H3,(H2,24,25,26);1H. The predicted octanol–water partition coefficient (Wildman–Crippen LogP) is 4.41. The van der Waals surface area contributed by atoms with E-state index in [4.69, 9.17) is 4.74 Å². The van der Waals surface area contributed by atoms with Gasteiger partial charge in [0.25, 0.3) is 0 Å². The van der Waals surface area contributed by atoms with Crippen LogP contribution < -0.4 is 15.4 Å². The van der Waals surface area contributed by atoms with E-state index in [1.807, 2.05) is 13.1 Å². The molecule has 0 unspecified atom stereocenters. The van der Waals surface area contributed by atoms with E-state index in [1.54, 1.807) is 7.11 Å². The molecule has 5 nitrogen and oxygen atoms in total.